The van der Waals surface area contributed by atoms with E-state index in [0.717, 1.165) is 0 Å². The van der Waals surface area contributed by atoms with Gasteiger partial charge in [0.2, 0.25) is 0 Å². The number of carbonyl (C=O) groups excluding carboxylic acids is 2. The minimum atomic E-state index is -0.618. The summed E-state index contributed by atoms with van der Waals surface area (Å²) in [6.07, 6.45) is 1.47. The highest BCUT2D eigenvalue weighted by atomic mass is 16.6. The minimum Gasteiger partial charge on any atom is -0.497 e. The number of nitrogens with zero attached hydrogens (tertiary/aromatic N) is 2. The molecule has 33 heavy (non-hydrogen) atoms. The molecule has 3 rings (SSSR count). The van der Waals surface area contributed by atoms with E-state index in [-0.39, 0.29) is 29.6 Å². The second-order valence-corrected chi connectivity index (χ2v) is 6.92. The average Bonchev–Trinajstić information content (AvgIpc) is 2.87. The van der Waals surface area contributed by atoms with Crippen molar-refractivity contribution < 1.29 is 33.3 Å². The second kappa shape index (κ2) is 11.5. The number of amides is 1. The number of methoxy groups -OCH3 is 2. The Kier molecular flexibility index (Phi) is 8.27. The normalized spacial score (nSPS) is 13.6. The number of hydrogen-bond donors (Lipinski definition) is 0. The first-order valence-electron chi connectivity index (χ1n) is 10.2. The fourth-order valence-corrected chi connectivity index (χ4v) is 3.07. The number of rotatable bonds is 8. The molecule has 1 saturated heterocycles. The standard InChI is InChI=1S/C24H24N2O7/c1-29-19-4-6-20(7-5-19)32-16-23(27)33-21-8-3-17(14-22(21)30-2)13-18(15-25)24(28)26-9-11-31-12-10-26/h3-8,13-14H,9-12,16H2,1-2H3/b18-13+. The predicted molar refractivity (Wildman–Crippen MR) is 118 cm³/mol. The van der Waals surface area contributed by atoms with Gasteiger partial charge in [0.1, 0.15) is 23.1 Å². The summed E-state index contributed by atoms with van der Waals surface area (Å²) in [5.74, 6) is 0.663. The third-order valence-electron chi connectivity index (χ3n) is 4.79. The van der Waals surface area contributed by atoms with E-state index < -0.39 is 5.97 Å². The smallest absolute Gasteiger partial charge is 0.349 e. The Balaban J connectivity index is 1.65. The van der Waals surface area contributed by atoms with Gasteiger partial charge in [-0.25, -0.2) is 4.79 Å². The molecule has 1 heterocycles. The van der Waals surface area contributed by atoms with Crippen LogP contribution in [0.25, 0.3) is 6.08 Å². The van der Waals surface area contributed by atoms with Gasteiger partial charge in [-0.2, -0.15) is 5.26 Å². The summed E-state index contributed by atoms with van der Waals surface area (Å²) in [6.45, 7) is 1.47. The lowest BCUT2D eigenvalue weighted by Gasteiger charge is -2.26. The lowest BCUT2D eigenvalue weighted by Crippen LogP contribution is -2.41. The molecule has 1 aliphatic heterocycles. The van der Waals surface area contributed by atoms with E-state index in [9.17, 15) is 14.9 Å². The SMILES string of the molecule is COc1ccc(OCC(=O)Oc2ccc(/C=C(\C#N)C(=O)N3CCOCC3)cc2OC)cc1. The number of morpholine rings is 1. The van der Waals surface area contributed by atoms with E-state index in [0.29, 0.717) is 43.4 Å². The van der Waals surface area contributed by atoms with Gasteiger partial charge in [-0.15, -0.1) is 0 Å². The van der Waals surface area contributed by atoms with Crippen LogP contribution in [-0.2, 0) is 14.3 Å². The summed E-state index contributed by atoms with van der Waals surface area (Å²) in [5, 5.41) is 9.45. The molecular weight excluding hydrogens is 428 g/mol. The predicted octanol–water partition coefficient (Wildman–Crippen LogP) is 2.45. The van der Waals surface area contributed by atoms with Crippen LogP contribution in [-0.4, -0.2) is 63.9 Å². The molecule has 172 valence electrons. The number of carbonyl (C=O) groups is 2. The highest BCUT2D eigenvalue weighted by Gasteiger charge is 2.21. The van der Waals surface area contributed by atoms with Crippen molar-refractivity contribution in [1.82, 2.24) is 4.90 Å². The van der Waals surface area contributed by atoms with Gasteiger partial charge >= 0.3 is 5.97 Å². The van der Waals surface area contributed by atoms with Gasteiger partial charge in [-0.05, 0) is 48.0 Å². The van der Waals surface area contributed by atoms with E-state index in [4.69, 9.17) is 23.7 Å². The average molecular weight is 452 g/mol. The quantitative estimate of drug-likeness (QED) is 0.260. The maximum Gasteiger partial charge on any atom is 0.349 e. The summed E-state index contributed by atoms with van der Waals surface area (Å²) in [4.78, 5) is 26.4. The van der Waals surface area contributed by atoms with Gasteiger partial charge in [0.15, 0.2) is 18.1 Å². The molecule has 2 aromatic carbocycles. The summed E-state index contributed by atoms with van der Waals surface area (Å²) in [5.41, 5.74) is 0.552. The molecule has 0 saturated carbocycles. The third-order valence-corrected chi connectivity index (χ3v) is 4.79. The molecule has 0 unspecified atom stereocenters. The zero-order valence-corrected chi connectivity index (χ0v) is 18.4. The van der Waals surface area contributed by atoms with Gasteiger partial charge in [0.05, 0.1) is 27.4 Å². The number of nitriles is 1. The van der Waals surface area contributed by atoms with Crippen molar-refractivity contribution in [1.29, 1.82) is 5.26 Å². The maximum atomic E-state index is 12.6. The minimum absolute atomic E-state index is 0.00316. The summed E-state index contributed by atoms with van der Waals surface area (Å²) < 4.78 is 26.4. The van der Waals surface area contributed by atoms with Crippen molar-refractivity contribution in [2.24, 2.45) is 0 Å². The highest BCUT2D eigenvalue weighted by molar-refractivity contribution is 6.01. The molecular formula is C24H24N2O7. The van der Waals surface area contributed by atoms with Crippen LogP contribution < -0.4 is 18.9 Å². The van der Waals surface area contributed by atoms with Crippen molar-refractivity contribution in [3.05, 3.63) is 53.6 Å². The molecule has 1 fully saturated rings. The van der Waals surface area contributed by atoms with Crippen molar-refractivity contribution in [3.8, 4) is 29.1 Å². The van der Waals surface area contributed by atoms with Crippen LogP contribution in [0.2, 0.25) is 0 Å². The molecule has 0 atom stereocenters. The van der Waals surface area contributed by atoms with Gasteiger partial charge in [-0.1, -0.05) is 6.07 Å². The first kappa shape index (κ1) is 23.6. The molecule has 0 N–H and O–H groups in total. The van der Waals surface area contributed by atoms with Crippen molar-refractivity contribution >= 4 is 18.0 Å². The lowest BCUT2D eigenvalue weighted by molar-refractivity contribution is -0.136. The molecule has 0 bridgehead atoms. The van der Waals surface area contributed by atoms with Crippen LogP contribution in [0.4, 0.5) is 0 Å². The largest absolute Gasteiger partial charge is 0.497 e. The van der Waals surface area contributed by atoms with E-state index in [1.54, 1.807) is 48.4 Å². The topological polar surface area (TPSA) is 107 Å². The van der Waals surface area contributed by atoms with Crippen LogP contribution in [0.1, 0.15) is 5.56 Å². The first-order chi connectivity index (χ1) is 16.0. The van der Waals surface area contributed by atoms with Crippen LogP contribution in [0, 0.1) is 11.3 Å². The summed E-state index contributed by atoms with van der Waals surface area (Å²) in [7, 11) is 2.99. The maximum absolute atomic E-state index is 12.6. The Hall–Kier alpha value is -4.03. The Morgan fingerprint density at radius 1 is 1.03 bits per heavy atom. The number of ether oxygens (including phenoxy) is 5. The lowest BCUT2D eigenvalue weighted by atomic mass is 10.1. The first-order valence-corrected chi connectivity index (χ1v) is 10.2. The van der Waals surface area contributed by atoms with E-state index in [1.165, 1.54) is 19.3 Å². The molecule has 0 radical (unpaired) electrons. The summed E-state index contributed by atoms with van der Waals surface area (Å²) >= 11 is 0. The fourth-order valence-electron chi connectivity index (χ4n) is 3.07. The molecule has 0 aromatic heterocycles. The molecule has 1 amide bonds. The Bertz CT molecular complexity index is 1050. The van der Waals surface area contributed by atoms with Crippen LogP contribution >= 0.6 is 0 Å². The highest BCUT2D eigenvalue weighted by Crippen LogP contribution is 2.29. The van der Waals surface area contributed by atoms with Gasteiger partial charge in [0.25, 0.3) is 5.91 Å². The zero-order valence-electron chi connectivity index (χ0n) is 18.4. The molecule has 9 nitrogen and oxygen atoms in total. The Morgan fingerprint density at radius 3 is 2.36 bits per heavy atom. The number of esters is 1. The van der Waals surface area contributed by atoms with E-state index in [1.807, 2.05) is 6.07 Å². The van der Waals surface area contributed by atoms with Crippen LogP contribution in [0.3, 0.4) is 0 Å². The third kappa shape index (κ3) is 6.48. The monoisotopic (exact) mass is 452 g/mol. The van der Waals surface area contributed by atoms with Crippen molar-refractivity contribution in [2.75, 3.05) is 47.1 Å². The Morgan fingerprint density at radius 2 is 1.73 bits per heavy atom. The Labute approximate surface area is 191 Å². The molecule has 0 spiro atoms. The van der Waals surface area contributed by atoms with Gasteiger partial charge in [-0.3, -0.25) is 4.79 Å². The fraction of sp³-hybridized carbons (Fsp3) is 0.292. The number of benzene rings is 2. The van der Waals surface area contributed by atoms with Crippen LogP contribution in [0.5, 0.6) is 23.0 Å². The summed E-state index contributed by atoms with van der Waals surface area (Å²) in [6, 6.07) is 13.5. The zero-order chi connectivity index (χ0) is 23.6. The molecule has 9 heteroatoms. The van der Waals surface area contributed by atoms with Gasteiger partial charge in [0, 0.05) is 13.1 Å². The van der Waals surface area contributed by atoms with Gasteiger partial charge < -0.3 is 28.6 Å². The van der Waals surface area contributed by atoms with Crippen molar-refractivity contribution in [3.63, 3.8) is 0 Å². The second-order valence-electron chi connectivity index (χ2n) is 6.92. The van der Waals surface area contributed by atoms with E-state index in [2.05, 4.69) is 0 Å². The molecule has 0 aliphatic carbocycles. The molecule has 1 aliphatic rings. The number of hydrogen-bond acceptors (Lipinski definition) is 8. The molecule has 2 aromatic rings. The van der Waals surface area contributed by atoms with E-state index >= 15 is 0 Å². The van der Waals surface area contributed by atoms with Crippen molar-refractivity contribution in [2.45, 2.75) is 0 Å². The van der Waals surface area contributed by atoms with Crippen LogP contribution in [0.15, 0.2) is 48.0 Å².